The quantitative estimate of drug-likeness (QED) is 0.840. The van der Waals surface area contributed by atoms with E-state index >= 15 is 0 Å². The normalized spacial score (nSPS) is 10.6. The highest BCUT2D eigenvalue weighted by atomic mass is 79.9. The van der Waals surface area contributed by atoms with Crippen LogP contribution in [0.15, 0.2) is 22.1 Å². The maximum absolute atomic E-state index is 11.8. The van der Waals surface area contributed by atoms with Gasteiger partial charge in [-0.2, -0.15) is 5.10 Å². The molecule has 2 rings (SSSR count). The van der Waals surface area contributed by atoms with Gasteiger partial charge in [0.1, 0.15) is 5.82 Å². The van der Waals surface area contributed by atoms with Gasteiger partial charge >= 0.3 is 0 Å². The number of aromatic nitrogens is 2. The van der Waals surface area contributed by atoms with Crippen molar-refractivity contribution in [3.63, 3.8) is 0 Å². The van der Waals surface area contributed by atoms with Crippen molar-refractivity contribution in [2.75, 3.05) is 5.32 Å². The minimum Gasteiger partial charge on any atom is -0.311 e. The van der Waals surface area contributed by atoms with E-state index in [4.69, 9.17) is 0 Å². The second kappa shape index (κ2) is 6.86. The van der Waals surface area contributed by atoms with E-state index in [1.807, 2.05) is 13.0 Å². The van der Waals surface area contributed by atoms with Crippen molar-refractivity contribution in [2.45, 2.75) is 32.6 Å². The number of amides is 1. The van der Waals surface area contributed by atoms with Crippen LogP contribution in [0.2, 0.25) is 0 Å². The van der Waals surface area contributed by atoms with Gasteiger partial charge in [0, 0.05) is 16.9 Å². The van der Waals surface area contributed by atoms with Crippen LogP contribution in [0.4, 0.5) is 5.82 Å². The van der Waals surface area contributed by atoms with Gasteiger partial charge in [-0.1, -0.05) is 6.92 Å². The van der Waals surface area contributed by atoms with Crippen LogP contribution < -0.4 is 5.32 Å². The molecule has 1 amide bonds. The number of aromatic amines is 1. The van der Waals surface area contributed by atoms with Crippen molar-refractivity contribution in [2.24, 2.45) is 0 Å². The number of carbonyl (C=O) groups is 1. The lowest BCUT2D eigenvalue weighted by Crippen LogP contribution is -2.12. The summed E-state index contributed by atoms with van der Waals surface area (Å²) >= 11 is 5.16. The highest BCUT2D eigenvalue weighted by Gasteiger charge is 2.08. The van der Waals surface area contributed by atoms with Gasteiger partial charge in [-0.05, 0) is 47.3 Å². The molecule has 0 radical (unpaired) electrons. The van der Waals surface area contributed by atoms with Gasteiger partial charge < -0.3 is 5.32 Å². The monoisotopic (exact) mass is 341 g/mol. The number of hydrogen-bond acceptors (Lipinski definition) is 3. The topological polar surface area (TPSA) is 57.8 Å². The second-order valence-electron chi connectivity index (χ2n) is 4.23. The van der Waals surface area contributed by atoms with E-state index < -0.39 is 0 Å². The summed E-state index contributed by atoms with van der Waals surface area (Å²) in [4.78, 5) is 13.1. The summed E-state index contributed by atoms with van der Waals surface area (Å²) in [7, 11) is 0. The first-order chi connectivity index (χ1) is 9.19. The minimum atomic E-state index is 0.0366. The summed E-state index contributed by atoms with van der Waals surface area (Å²) in [5, 5.41) is 9.62. The molecule has 2 heterocycles. The third kappa shape index (κ3) is 4.18. The maximum Gasteiger partial charge on any atom is 0.225 e. The van der Waals surface area contributed by atoms with Crippen LogP contribution in [-0.2, 0) is 17.6 Å². The number of hydrogen-bond donors (Lipinski definition) is 2. The van der Waals surface area contributed by atoms with E-state index in [1.165, 1.54) is 4.88 Å². The highest BCUT2D eigenvalue weighted by molar-refractivity contribution is 9.11. The van der Waals surface area contributed by atoms with E-state index in [9.17, 15) is 4.79 Å². The number of nitrogens with one attached hydrogen (secondary N) is 2. The number of rotatable bonds is 6. The molecule has 19 heavy (non-hydrogen) atoms. The van der Waals surface area contributed by atoms with Crippen molar-refractivity contribution >= 4 is 39.0 Å². The molecule has 0 atom stereocenters. The summed E-state index contributed by atoms with van der Waals surface area (Å²) in [6.07, 6.45) is 4.92. The molecule has 0 aliphatic rings. The number of aryl methyl sites for hydroxylation is 2. The molecular formula is C13H16BrN3OS. The van der Waals surface area contributed by atoms with Gasteiger partial charge in [0.15, 0.2) is 0 Å². The Hall–Kier alpha value is -1.14. The van der Waals surface area contributed by atoms with Crippen LogP contribution in [0.5, 0.6) is 0 Å². The summed E-state index contributed by atoms with van der Waals surface area (Å²) in [5.74, 6) is 0.765. The largest absolute Gasteiger partial charge is 0.311 e. The molecule has 0 bridgehead atoms. The first kappa shape index (κ1) is 14.3. The average molecular weight is 342 g/mol. The third-order valence-electron chi connectivity index (χ3n) is 2.82. The Morgan fingerprint density at radius 3 is 3.05 bits per heavy atom. The number of halogens is 1. The van der Waals surface area contributed by atoms with Gasteiger partial charge in [0.2, 0.25) is 5.91 Å². The van der Waals surface area contributed by atoms with E-state index in [-0.39, 0.29) is 5.91 Å². The van der Waals surface area contributed by atoms with Crippen molar-refractivity contribution in [3.8, 4) is 0 Å². The highest BCUT2D eigenvalue weighted by Crippen LogP contribution is 2.23. The average Bonchev–Trinajstić information content (AvgIpc) is 2.98. The summed E-state index contributed by atoms with van der Waals surface area (Å²) < 4.78 is 1.14. The predicted molar refractivity (Wildman–Crippen MR) is 81.6 cm³/mol. The summed E-state index contributed by atoms with van der Waals surface area (Å²) in [5.41, 5.74) is 1.04. The molecule has 2 aromatic rings. The molecule has 0 spiro atoms. The number of anilines is 1. The Kier molecular flexibility index (Phi) is 5.15. The summed E-state index contributed by atoms with van der Waals surface area (Å²) in [6, 6.07) is 4.13. The lowest BCUT2D eigenvalue weighted by Gasteiger charge is -2.04. The standard InChI is InChI=1S/C13H16BrN3OS/c1-2-9-8-15-17-13(9)16-12(18)5-3-4-10-6-7-11(14)19-10/h6-8H,2-5H2,1H3,(H2,15,16,17,18). The zero-order valence-corrected chi connectivity index (χ0v) is 13.1. The van der Waals surface area contributed by atoms with E-state index in [0.29, 0.717) is 6.42 Å². The molecule has 0 aliphatic carbocycles. The first-order valence-corrected chi connectivity index (χ1v) is 7.86. The number of thiophene rings is 1. The van der Waals surface area contributed by atoms with E-state index in [0.717, 1.165) is 34.4 Å². The van der Waals surface area contributed by atoms with Crippen LogP contribution in [0, 0.1) is 0 Å². The molecule has 2 aromatic heterocycles. The van der Waals surface area contributed by atoms with Gasteiger partial charge in [-0.15, -0.1) is 11.3 Å². The summed E-state index contributed by atoms with van der Waals surface area (Å²) in [6.45, 7) is 2.04. The number of carbonyl (C=O) groups excluding carboxylic acids is 1. The van der Waals surface area contributed by atoms with Gasteiger partial charge in [-0.25, -0.2) is 0 Å². The Balaban J connectivity index is 1.76. The maximum atomic E-state index is 11.8. The fourth-order valence-corrected chi connectivity index (χ4v) is 3.32. The Labute approximate surface area is 124 Å². The molecule has 0 saturated carbocycles. The lowest BCUT2D eigenvalue weighted by molar-refractivity contribution is -0.116. The minimum absolute atomic E-state index is 0.0366. The first-order valence-electron chi connectivity index (χ1n) is 6.25. The molecule has 6 heteroatoms. The molecule has 102 valence electrons. The van der Waals surface area contributed by atoms with Gasteiger partial charge in [-0.3, -0.25) is 9.89 Å². The fourth-order valence-electron chi connectivity index (χ4n) is 1.80. The van der Waals surface area contributed by atoms with Crippen LogP contribution in [0.1, 0.15) is 30.2 Å². The van der Waals surface area contributed by atoms with Gasteiger partial charge in [0.05, 0.1) is 9.98 Å². The zero-order chi connectivity index (χ0) is 13.7. The smallest absolute Gasteiger partial charge is 0.225 e. The van der Waals surface area contributed by atoms with E-state index in [1.54, 1.807) is 17.5 Å². The Morgan fingerprint density at radius 2 is 2.37 bits per heavy atom. The SMILES string of the molecule is CCc1cn[nH]c1NC(=O)CCCc1ccc(Br)s1. The van der Waals surface area contributed by atoms with Crippen molar-refractivity contribution in [3.05, 3.63) is 32.6 Å². The van der Waals surface area contributed by atoms with Crippen LogP contribution >= 0.6 is 27.3 Å². The van der Waals surface area contributed by atoms with Crippen molar-refractivity contribution in [1.29, 1.82) is 0 Å². The third-order valence-corrected chi connectivity index (χ3v) is 4.50. The van der Waals surface area contributed by atoms with Gasteiger partial charge in [0.25, 0.3) is 0 Å². The molecule has 0 unspecified atom stereocenters. The van der Waals surface area contributed by atoms with Crippen LogP contribution in [0.25, 0.3) is 0 Å². The predicted octanol–water partition coefficient (Wildman–Crippen LogP) is 3.76. The molecule has 4 nitrogen and oxygen atoms in total. The molecule has 0 saturated heterocycles. The zero-order valence-electron chi connectivity index (χ0n) is 10.7. The Bertz CT molecular complexity index is 550. The van der Waals surface area contributed by atoms with E-state index in [2.05, 4.69) is 37.5 Å². The molecule has 0 aliphatic heterocycles. The molecule has 0 aromatic carbocycles. The fraction of sp³-hybridized carbons (Fsp3) is 0.385. The number of H-pyrrole nitrogens is 1. The van der Waals surface area contributed by atoms with Crippen LogP contribution in [0.3, 0.4) is 0 Å². The lowest BCUT2D eigenvalue weighted by atomic mass is 10.2. The van der Waals surface area contributed by atoms with Crippen LogP contribution in [-0.4, -0.2) is 16.1 Å². The number of nitrogens with zero attached hydrogens (tertiary/aromatic N) is 1. The molecule has 0 fully saturated rings. The molecule has 2 N–H and O–H groups in total. The molecular weight excluding hydrogens is 326 g/mol. The van der Waals surface area contributed by atoms with Crippen molar-refractivity contribution in [1.82, 2.24) is 10.2 Å². The van der Waals surface area contributed by atoms with Crippen molar-refractivity contribution < 1.29 is 4.79 Å². The second-order valence-corrected chi connectivity index (χ2v) is 6.78. The Morgan fingerprint density at radius 1 is 1.53 bits per heavy atom.